The Bertz CT molecular complexity index is 476. The van der Waals surface area contributed by atoms with Crippen molar-refractivity contribution < 1.29 is 9.53 Å². The van der Waals surface area contributed by atoms with Crippen molar-refractivity contribution in [1.82, 2.24) is 5.32 Å². The average Bonchev–Trinajstić information content (AvgIpc) is 2.38. The van der Waals surface area contributed by atoms with Crippen LogP contribution < -0.4 is 10.1 Å². The number of amides is 1. The maximum atomic E-state index is 12.1. The summed E-state index contributed by atoms with van der Waals surface area (Å²) in [7, 11) is 0. The first-order valence-electron chi connectivity index (χ1n) is 7.70. The second-order valence-corrected chi connectivity index (χ2v) is 7.60. The minimum Gasteiger partial charge on any atom is -0.488 e. The molecule has 1 amide bonds. The molecule has 0 spiro atoms. The molecule has 2 rings (SSSR count). The van der Waals surface area contributed by atoms with Gasteiger partial charge in [-0.2, -0.15) is 0 Å². The first-order valence-corrected chi connectivity index (χ1v) is 8.51. The third kappa shape index (κ3) is 6.00. The van der Waals surface area contributed by atoms with Gasteiger partial charge in [0.1, 0.15) is 11.4 Å². The first-order chi connectivity index (χ1) is 9.92. The van der Waals surface area contributed by atoms with Crippen molar-refractivity contribution in [2.24, 2.45) is 0 Å². The molecule has 1 N–H and O–H groups in total. The summed E-state index contributed by atoms with van der Waals surface area (Å²) in [4.78, 5) is 13.0. The van der Waals surface area contributed by atoms with Crippen LogP contribution in [0.15, 0.2) is 29.2 Å². The number of ether oxygens (including phenoxy) is 1. The van der Waals surface area contributed by atoms with Crippen molar-refractivity contribution in [3.63, 3.8) is 0 Å². The second kappa shape index (κ2) is 7.21. The third-order valence-corrected chi connectivity index (χ3v) is 4.16. The molecule has 0 aromatic heterocycles. The van der Waals surface area contributed by atoms with Crippen molar-refractivity contribution in [3.8, 4) is 5.75 Å². The van der Waals surface area contributed by atoms with E-state index in [-0.39, 0.29) is 10.8 Å². The summed E-state index contributed by atoms with van der Waals surface area (Å²) in [5.41, 5.74) is -0.229. The van der Waals surface area contributed by atoms with Crippen LogP contribution in [0.4, 0.5) is 4.79 Å². The molecule has 1 aromatic carbocycles. The van der Waals surface area contributed by atoms with Gasteiger partial charge in [0.05, 0.1) is 0 Å². The molecule has 0 atom stereocenters. The molecule has 0 aliphatic heterocycles. The predicted molar refractivity (Wildman–Crippen MR) is 88.1 cm³/mol. The largest absolute Gasteiger partial charge is 0.488 e. The lowest BCUT2D eigenvalue weighted by atomic mass is 9.96. The lowest BCUT2D eigenvalue weighted by molar-refractivity contribution is 0.130. The molecule has 0 saturated heterocycles. The summed E-state index contributed by atoms with van der Waals surface area (Å²) in [5.74, 6) is 0.804. The van der Waals surface area contributed by atoms with Crippen LogP contribution in [0, 0.1) is 0 Å². The standard InChI is InChI=1S/C17H25NO2S/c1-17(2,3)20-14-10-7-11-15(12-14)21-16(19)18-13-8-5-4-6-9-13/h7,10-13H,4-6,8-9H2,1-3H3,(H,18,19). The molecule has 0 bridgehead atoms. The van der Waals surface area contributed by atoms with Crippen molar-refractivity contribution >= 4 is 17.0 Å². The lowest BCUT2D eigenvalue weighted by Gasteiger charge is -2.23. The van der Waals surface area contributed by atoms with Crippen LogP contribution in [-0.2, 0) is 0 Å². The lowest BCUT2D eigenvalue weighted by Crippen LogP contribution is -2.33. The molecule has 1 aromatic rings. The molecule has 3 nitrogen and oxygen atoms in total. The van der Waals surface area contributed by atoms with Crippen LogP contribution in [0.5, 0.6) is 5.75 Å². The highest BCUT2D eigenvalue weighted by molar-refractivity contribution is 8.13. The maximum Gasteiger partial charge on any atom is 0.284 e. The van der Waals surface area contributed by atoms with Crippen LogP contribution in [0.25, 0.3) is 0 Å². The van der Waals surface area contributed by atoms with Crippen LogP contribution in [-0.4, -0.2) is 16.9 Å². The summed E-state index contributed by atoms with van der Waals surface area (Å²) in [6.45, 7) is 6.05. The van der Waals surface area contributed by atoms with E-state index in [4.69, 9.17) is 4.74 Å². The van der Waals surface area contributed by atoms with E-state index in [0.29, 0.717) is 6.04 Å². The Morgan fingerprint density at radius 3 is 2.62 bits per heavy atom. The minimum absolute atomic E-state index is 0.0369. The number of hydrogen-bond donors (Lipinski definition) is 1. The zero-order valence-corrected chi connectivity index (χ0v) is 14.0. The molecule has 0 radical (unpaired) electrons. The highest BCUT2D eigenvalue weighted by Gasteiger charge is 2.17. The van der Waals surface area contributed by atoms with E-state index in [2.05, 4.69) is 5.32 Å². The Kier molecular flexibility index (Phi) is 5.57. The quantitative estimate of drug-likeness (QED) is 0.799. The van der Waals surface area contributed by atoms with E-state index < -0.39 is 0 Å². The zero-order valence-electron chi connectivity index (χ0n) is 13.1. The van der Waals surface area contributed by atoms with E-state index in [1.165, 1.54) is 31.0 Å². The van der Waals surface area contributed by atoms with Gasteiger partial charge >= 0.3 is 0 Å². The van der Waals surface area contributed by atoms with Gasteiger partial charge in [0.25, 0.3) is 5.24 Å². The Labute approximate surface area is 131 Å². The van der Waals surface area contributed by atoms with Crippen molar-refractivity contribution in [3.05, 3.63) is 24.3 Å². The highest BCUT2D eigenvalue weighted by atomic mass is 32.2. The Morgan fingerprint density at radius 2 is 1.95 bits per heavy atom. The highest BCUT2D eigenvalue weighted by Crippen LogP contribution is 2.26. The molecular formula is C17H25NO2S. The molecule has 0 heterocycles. The number of carbonyl (C=O) groups excluding carboxylic acids is 1. The summed E-state index contributed by atoms with van der Waals surface area (Å²) >= 11 is 1.25. The smallest absolute Gasteiger partial charge is 0.284 e. The number of carbonyl (C=O) groups is 1. The zero-order chi connectivity index (χ0) is 15.3. The summed E-state index contributed by atoms with van der Waals surface area (Å²) in [5, 5.41) is 3.16. The summed E-state index contributed by atoms with van der Waals surface area (Å²) in [6, 6.07) is 8.08. The topological polar surface area (TPSA) is 38.3 Å². The Balaban J connectivity index is 1.89. The molecule has 4 heteroatoms. The average molecular weight is 307 g/mol. The van der Waals surface area contributed by atoms with Gasteiger partial charge in [0.15, 0.2) is 0 Å². The van der Waals surface area contributed by atoms with E-state index in [1.807, 2.05) is 45.0 Å². The number of nitrogens with one attached hydrogen (secondary N) is 1. The van der Waals surface area contributed by atoms with Crippen molar-refractivity contribution in [1.29, 1.82) is 0 Å². The molecule has 0 unspecified atom stereocenters. The summed E-state index contributed by atoms with van der Waals surface area (Å²) < 4.78 is 5.83. The van der Waals surface area contributed by atoms with Gasteiger partial charge in [0.2, 0.25) is 0 Å². The fourth-order valence-electron chi connectivity index (χ4n) is 2.50. The fourth-order valence-corrected chi connectivity index (χ4v) is 3.27. The number of hydrogen-bond acceptors (Lipinski definition) is 3. The van der Waals surface area contributed by atoms with Gasteiger partial charge < -0.3 is 10.1 Å². The fraction of sp³-hybridized carbons (Fsp3) is 0.588. The van der Waals surface area contributed by atoms with Gasteiger partial charge in [-0.25, -0.2) is 0 Å². The Morgan fingerprint density at radius 1 is 1.24 bits per heavy atom. The summed E-state index contributed by atoms with van der Waals surface area (Å²) in [6.07, 6.45) is 5.97. The normalized spacial score (nSPS) is 16.5. The van der Waals surface area contributed by atoms with E-state index >= 15 is 0 Å². The third-order valence-electron chi connectivity index (χ3n) is 3.37. The number of thioether (sulfide) groups is 1. The van der Waals surface area contributed by atoms with E-state index in [9.17, 15) is 4.79 Å². The van der Waals surface area contributed by atoms with Gasteiger partial charge in [-0.05, 0) is 63.6 Å². The number of benzene rings is 1. The monoisotopic (exact) mass is 307 g/mol. The SMILES string of the molecule is CC(C)(C)Oc1cccc(SC(=O)NC2CCCCC2)c1. The molecule has 1 fully saturated rings. The van der Waals surface area contributed by atoms with Crippen LogP contribution in [0.1, 0.15) is 52.9 Å². The molecule has 21 heavy (non-hydrogen) atoms. The molecular weight excluding hydrogens is 282 g/mol. The van der Waals surface area contributed by atoms with Crippen molar-refractivity contribution in [2.45, 2.75) is 69.4 Å². The minimum atomic E-state index is -0.229. The van der Waals surface area contributed by atoms with Gasteiger partial charge in [-0.15, -0.1) is 0 Å². The van der Waals surface area contributed by atoms with E-state index in [1.54, 1.807) is 0 Å². The molecule has 1 saturated carbocycles. The van der Waals surface area contributed by atoms with Crippen LogP contribution >= 0.6 is 11.8 Å². The first kappa shape index (κ1) is 16.2. The van der Waals surface area contributed by atoms with Crippen LogP contribution in [0.3, 0.4) is 0 Å². The van der Waals surface area contributed by atoms with Gasteiger partial charge in [0, 0.05) is 10.9 Å². The van der Waals surface area contributed by atoms with Crippen molar-refractivity contribution in [2.75, 3.05) is 0 Å². The van der Waals surface area contributed by atoms with Crippen LogP contribution in [0.2, 0.25) is 0 Å². The molecule has 116 valence electrons. The Hall–Kier alpha value is -1.16. The number of rotatable bonds is 3. The second-order valence-electron chi connectivity index (χ2n) is 6.56. The van der Waals surface area contributed by atoms with Gasteiger partial charge in [-0.1, -0.05) is 25.3 Å². The molecule has 1 aliphatic carbocycles. The predicted octanol–water partition coefficient (Wildman–Crippen LogP) is 5.00. The van der Waals surface area contributed by atoms with Gasteiger partial charge in [-0.3, -0.25) is 4.79 Å². The molecule has 1 aliphatic rings. The maximum absolute atomic E-state index is 12.1. The van der Waals surface area contributed by atoms with E-state index in [0.717, 1.165) is 23.5 Å².